The molecule has 17 heavy (non-hydrogen) atoms. The highest BCUT2D eigenvalue weighted by molar-refractivity contribution is 6.42. The second kappa shape index (κ2) is 7.07. The maximum atomic E-state index is 11.6. The van der Waals surface area contributed by atoms with Gasteiger partial charge >= 0.3 is 0 Å². The van der Waals surface area contributed by atoms with Gasteiger partial charge in [0.25, 0.3) is 0 Å². The zero-order valence-corrected chi connectivity index (χ0v) is 11.9. The third-order valence-corrected chi connectivity index (χ3v) is 3.06. The summed E-state index contributed by atoms with van der Waals surface area (Å²) in [5.41, 5.74) is 6.32. The van der Waals surface area contributed by atoms with Crippen LogP contribution in [0, 0.1) is 0 Å². The second-order valence-corrected chi connectivity index (χ2v) is 4.48. The van der Waals surface area contributed by atoms with Crippen molar-refractivity contribution < 1.29 is 4.79 Å². The predicted molar refractivity (Wildman–Crippen MR) is 73.8 cm³/mol. The summed E-state index contributed by atoms with van der Waals surface area (Å²) in [4.78, 5) is 13.1. The van der Waals surface area contributed by atoms with Crippen molar-refractivity contribution in [2.24, 2.45) is 5.73 Å². The third-order valence-electron chi connectivity index (χ3n) is 2.20. The Morgan fingerprint density at radius 1 is 1.47 bits per heavy atom. The van der Waals surface area contributed by atoms with Crippen molar-refractivity contribution in [1.29, 1.82) is 0 Å². The minimum Gasteiger partial charge on any atom is -0.340 e. The summed E-state index contributed by atoms with van der Waals surface area (Å²) in [5.74, 6) is -0.129. The molecule has 0 radical (unpaired) electrons. The van der Waals surface area contributed by atoms with Gasteiger partial charge in [0.2, 0.25) is 5.91 Å². The highest BCUT2D eigenvalue weighted by Crippen LogP contribution is 2.26. The van der Waals surface area contributed by atoms with Gasteiger partial charge in [0, 0.05) is 13.6 Å². The summed E-state index contributed by atoms with van der Waals surface area (Å²) in [6, 6.07) is 4.83. The van der Waals surface area contributed by atoms with E-state index >= 15 is 0 Å². The van der Waals surface area contributed by atoms with Gasteiger partial charge in [-0.2, -0.15) is 0 Å². The third kappa shape index (κ3) is 4.36. The van der Waals surface area contributed by atoms with E-state index in [1.807, 2.05) is 6.07 Å². The van der Waals surface area contributed by atoms with Crippen molar-refractivity contribution >= 4 is 41.5 Å². The Bertz CT molecular complexity index is 396. The minimum atomic E-state index is -0.511. The van der Waals surface area contributed by atoms with Crippen LogP contribution in [0.4, 0.5) is 0 Å². The van der Waals surface area contributed by atoms with Crippen molar-refractivity contribution in [3.8, 4) is 0 Å². The molecular formula is C11H15Cl3N2O. The number of rotatable bonds is 3. The summed E-state index contributed by atoms with van der Waals surface area (Å²) in [6.07, 6.45) is 0. The van der Waals surface area contributed by atoms with Crippen molar-refractivity contribution in [3.63, 3.8) is 0 Å². The fraction of sp³-hybridized carbons (Fsp3) is 0.364. The number of hydrogen-bond acceptors (Lipinski definition) is 2. The van der Waals surface area contributed by atoms with Crippen LogP contribution in [0.1, 0.15) is 12.5 Å². The fourth-order valence-electron chi connectivity index (χ4n) is 1.35. The second-order valence-electron chi connectivity index (χ2n) is 3.70. The van der Waals surface area contributed by atoms with Gasteiger partial charge < -0.3 is 10.6 Å². The molecule has 3 nitrogen and oxygen atoms in total. The number of nitrogens with zero attached hydrogens (tertiary/aromatic N) is 1. The number of carbonyl (C=O) groups excluding carboxylic acids is 1. The molecule has 1 rings (SSSR count). The van der Waals surface area contributed by atoms with Crippen molar-refractivity contribution in [2.75, 3.05) is 7.05 Å². The zero-order valence-electron chi connectivity index (χ0n) is 9.61. The zero-order chi connectivity index (χ0) is 12.3. The first-order valence-electron chi connectivity index (χ1n) is 4.87. The van der Waals surface area contributed by atoms with E-state index in [4.69, 9.17) is 28.9 Å². The van der Waals surface area contributed by atoms with Gasteiger partial charge in [0.15, 0.2) is 0 Å². The molecule has 0 heterocycles. The first-order chi connectivity index (χ1) is 7.43. The van der Waals surface area contributed by atoms with Crippen LogP contribution in [0.15, 0.2) is 18.2 Å². The van der Waals surface area contributed by atoms with Crippen LogP contribution in [-0.4, -0.2) is 23.9 Å². The molecule has 1 aromatic rings. The van der Waals surface area contributed by atoms with Gasteiger partial charge in [-0.3, -0.25) is 4.79 Å². The summed E-state index contributed by atoms with van der Waals surface area (Å²) in [5, 5.41) is 0.967. The molecule has 1 amide bonds. The molecule has 0 aliphatic heterocycles. The molecule has 96 valence electrons. The van der Waals surface area contributed by atoms with Crippen molar-refractivity contribution in [1.82, 2.24) is 4.90 Å². The van der Waals surface area contributed by atoms with Gasteiger partial charge in [0.1, 0.15) is 0 Å². The van der Waals surface area contributed by atoms with Crippen LogP contribution >= 0.6 is 35.6 Å². The number of hydrogen-bond donors (Lipinski definition) is 1. The molecule has 1 aromatic carbocycles. The monoisotopic (exact) mass is 296 g/mol. The maximum absolute atomic E-state index is 11.6. The van der Waals surface area contributed by atoms with E-state index in [0.29, 0.717) is 16.6 Å². The van der Waals surface area contributed by atoms with Crippen LogP contribution in [0.3, 0.4) is 0 Å². The molecule has 6 heteroatoms. The molecular weight excluding hydrogens is 282 g/mol. The van der Waals surface area contributed by atoms with Gasteiger partial charge in [0.05, 0.1) is 16.1 Å². The largest absolute Gasteiger partial charge is 0.340 e. The molecule has 1 atom stereocenters. The predicted octanol–water partition coefficient (Wildman–Crippen LogP) is 2.72. The lowest BCUT2D eigenvalue weighted by Gasteiger charge is -2.20. The van der Waals surface area contributed by atoms with E-state index in [9.17, 15) is 4.79 Å². The molecule has 0 spiro atoms. The molecule has 0 aromatic heterocycles. The standard InChI is InChI=1S/C11H14Cl2N2O.ClH/c1-7(14)11(16)15(2)6-8-4-3-5-9(12)10(8)13;/h3-5,7H,6,14H2,1-2H3;1H. The first kappa shape index (κ1) is 16.5. The van der Waals surface area contributed by atoms with Gasteiger partial charge in [-0.1, -0.05) is 35.3 Å². The average molecular weight is 298 g/mol. The number of amides is 1. The number of carbonyl (C=O) groups is 1. The Hall–Kier alpha value is -0.480. The molecule has 0 aliphatic rings. The Morgan fingerprint density at radius 2 is 2.06 bits per heavy atom. The maximum Gasteiger partial charge on any atom is 0.239 e. The lowest BCUT2D eigenvalue weighted by molar-refractivity contribution is -0.131. The van der Waals surface area contributed by atoms with Gasteiger partial charge in [-0.05, 0) is 18.6 Å². The molecule has 0 aliphatic carbocycles. The average Bonchev–Trinajstić information content (AvgIpc) is 2.23. The summed E-state index contributed by atoms with van der Waals surface area (Å²) >= 11 is 11.9. The van der Waals surface area contributed by atoms with Crippen LogP contribution in [-0.2, 0) is 11.3 Å². The Morgan fingerprint density at radius 3 is 2.59 bits per heavy atom. The van der Waals surface area contributed by atoms with Crippen LogP contribution < -0.4 is 5.73 Å². The van der Waals surface area contributed by atoms with E-state index in [2.05, 4.69) is 0 Å². The van der Waals surface area contributed by atoms with Crippen molar-refractivity contribution in [2.45, 2.75) is 19.5 Å². The van der Waals surface area contributed by atoms with E-state index < -0.39 is 6.04 Å². The van der Waals surface area contributed by atoms with E-state index in [1.165, 1.54) is 4.90 Å². The SMILES string of the molecule is CC(N)C(=O)N(C)Cc1cccc(Cl)c1Cl.Cl. The molecule has 0 saturated heterocycles. The van der Waals surface area contributed by atoms with E-state index in [0.717, 1.165) is 5.56 Å². The normalized spacial score (nSPS) is 11.6. The summed E-state index contributed by atoms with van der Waals surface area (Å²) < 4.78 is 0. The fourth-order valence-corrected chi connectivity index (χ4v) is 1.73. The van der Waals surface area contributed by atoms with Crippen LogP contribution in [0.5, 0.6) is 0 Å². The van der Waals surface area contributed by atoms with Gasteiger partial charge in [-0.15, -0.1) is 12.4 Å². The Balaban J connectivity index is 0.00000256. The Labute approximate surface area is 117 Å². The quantitative estimate of drug-likeness (QED) is 0.932. The van der Waals surface area contributed by atoms with E-state index in [1.54, 1.807) is 26.1 Å². The van der Waals surface area contributed by atoms with Crippen molar-refractivity contribution in [3.05, 3.63) is 33.8 Å². The molecule has 2 N–H and O–H groups in total. The topological polar surface area (TPSA) is 46.3 Å². The molecule has 0 fully saturated rings. The number of halogens is 3. The smallest absolute Gasteiger partial charge is 0.239 e. The molecule has 1 unspecified atom stereocenters. The highest BCUT2D eigenvalue weighted by Gasteiger charge is 2.15. The lowest BCUT2D eigenvalue weighted by atomic mass is 10.2. The van der Waals surface area contributed by atoms with E-state index in [-0.39, 0.29) is 18.3 Å². The Kier molecular flexibility index (Phi) is 6.87. The molecule has 0 bridgehead atoms. The minimum absolute atomic E-state index is 0. The number of benzene rings is 1. The first-order valence-corrected chi connectivity index (χ1v) is 5.62. The summed E-state index contributed by atoms with van der Waals surface area (Å²) in [6.45, 7) is 2.05. The number of nitrogens with two attached hydrogens (primary N) is 1. The highest BCUT2D eigenvalue weighted by atomic mass is 35.5. The summed E-state index contributed by atoms with van der Waals surface area (Å²) in [7, 11) is 1.68. The number of likely N-dealkylation sites (N-methyl/N-ethyl adjacent to an activating group) is 1. The van der Waals surface area contributed by atoms with Crippen LogP contribution in [0.25, 0.3) is 0 Å². The van der Waals surface area contributed by atoms with Crippen LogP contribution in [0.2, 0.25) is 10.0 Å². The molecule has 0 saturated carbocycles. The van der Waals surface area contributed by atoms with Gasteiger partial charge in [-0.25, -0.2) is 0 Å². The lowest BCUT2D eigenvalue weighted by Crippen LogP contribution is -2.39.